The van der Waals surface area contributed by atoms with Crippen LogP contribution in [0.4, 0.5) is 0 Å². The molecule has 2 atom stereocenters. The highest BCUT2D eigenvalue weighted by atomic mass is 16.3. The Morgan fingerprint density at radius 1 is 1.44 bits per heavy atom. The maximum atomic E-state index is 11.9. The van der Waals surface area contributed by atoms with Crippen LogP contribution in [-0.2, 0) is 11.2 Å². The second-order valence-electron chi connectivity index (χ2n) is 4.17. The molecule has 0 saturated carbocycles. The molecule has 1 amide bonds. The molecule has 4 nitrogen and oxygen atoms in total. The number of nitrogens with one attached hydrogen (secondary N) is 1. The lowest BCUT2D eigenvalue weighted by Gasteiger charge is -2.16. The summed E-state index contributed by atoms with van der Waals surface area (Å²) in [4.78, 5) is 11.9. The molecule has 18 heavy (non-hydrogen) atoms. The highest BCUT2D eigenvalue weighted by Crippen LogP contribution is 2.08. The molecule has 0 aliphatic heterocycles. The van der Waals surface area contributed by atoms with Gasteiger partial charge in [-0.25, -0.2) is 0 Å². The third-order valence-corrected chi connectivity index (χ3v) is 2.81. The largest absolute Gasteiger partial charge is 0.394 e. The van der Waals surface area contributed by atoms with Gasteiger partial charge in [-0.3, -0.25) is 4.79 Å². The van der Waals surface area contributed by atoms with E-state index in [0.717, 1.165) is 5.56 Å². The Morgan fingerprint density at radius 3 is 2.61 bits per heavy atom. The highest BCUT2D eigenvalue weighted by molar-refractivity contribution is 5.81. The number of benzene rings is 1. The van der Waals surface area contributed by atoms with Gasteiger partial charge in [0.25, 0.3) is 0 Å². The van der Waals surface area contributed by atoms with E-state index in [9.17, 15) is 4.79 Å². The van der Waals surface area contributed by atoms with Crippen LogP contribution < -0.4 is 5.32 Å². The standard InChI is InChI=1S/C14H18N2O2/c1-2-13(10-17)16-14(18)12(9-15)8-11-6-4-3-5-7-11/h3-7,12-13,17H,2,8,10H2,1H3,(H,16,18)/t12?,13-/m1/s1. The van der Waals surface area contributed by atoms with E-state index in [4.69, 9.17) is 10.4 Å². The molecule has 0 fully saturated rings. The molecule has 96 valence electrons. The molecule has 0 radical (unpaired) electrons. The lowest BCUT2D eigenvalue weighted by Crippen LogP contribution is -2.40. The third-order valence-electron chi connectivity index (χ3n) is 2.81. The van der Waals surface area contributed by atoms with Crippen molar-refractivity contribution in [3.05, 3.63) is 35.9 Å². The molecule has 0 aliphatic rings. The van der Waals surface area contributed by atoms with Gasteiger partial charge in [-0.15, -0.1) is 0 Å². The van der Waals surface area contributed by atoms with Crippen molar-refractivity contribution < 1.29 is 9.90 Å². The number of aliphatic hydroxyl groups is 1. The highest BCUT2D eigenvalue weighted by Gasteiger charge is 2.20. The van der Waals surface area contributed by atoms with Crippen LogP contribution in [0.25, 0.3) is 0 Å². The molecule has 1 unspecified atom stereocenters. The molecule has 1 aromatic carbocycles. The molecule has 0 spiro atoms. The van der Waals surface area contributed by atoms with Crippen LogP contribution in [0.2, 0.25) is 0 Å². The number of nitriles is 1. The molecule has 4 heteroatoms. The SMILES string of the molecule is CC[C@H](CO)NC(=O)C(C#N)Cc1ccccc1. The first kappa shape index (κ1) is 14.2. The van der Waals surface area contributed by atoms with E-state index < -0.39 is 5.92 Å². The average Bonchev–Trinajstić information content (AvgIpc) is 2.43. The zero-order valence-electron chi connectivity index (χ0n) is 10.5. The lowest BCUT2D eigenvalue weighted by atomic mass is 9.99. The van der Waals surface area contributed by atoms with E-state index in [2.05, 4.69) is 5.32 Å². The number of amides is 1. The van der Waals surface area contributed by atoms with Crippen LogP contribution in [0.1, 0.15) is 18.9 Å². The molecule has 0 bridgehead atoms. The zero-order chi connectivity index (χ0) is 13.4. The van der Waals surface area contributed by atoms with Crippen molar-refractivity contribution >= 4 is 5.91 Å². The minimum Gasteiger partial charge on any atom is -0.394 e. The number of carbonyl (C=O) groups is 1. The van der Waals surface area contributed by atoms with Crippen molar-refractivity contribution in [3.63, 3.8) is 0 Å². The molecule has 1 aromatic rings. The summed E-state index contributed by atoms with van der Waals surface area (Å²) >= 11 is 0. The van der Waals surface area contributed by atoms with E-state index in [1.165, 1.54) is 0 Å². The van der Waals surface area contributed by atoms with Crippen molar-refractivity contribution in [3.8, 4) is 6.07 Å². The van der Waals surface area contributed by atoms with Gasteiger partial charge in [0, 0.05) is 0 Å². The Balaban J connectivity index is 2.61. The number of rotatable bonds is 6. The zero-order valence-corrected chi connectivity index (χ0v) is 10.5. The summed E-state index contributed by atoms with van der Waals surface area (Å²) in [5.41, 5.74) is 0.955. The fourth-order valence-corrected chi connectivity index (χ4v) is 1.63. The first-order valence-electron chi connectivity index (χ1n) is 6.06. The van der Waals surface area contributed by atoms with Gasteiger partial charge >= 0.3 is 0 Å². The molecule has 1 rings (SSSR count). The molecular formula is C14H18N2O2. The van der Waals surface area contributed by atoms with E-state index >= 15 is 0 Å². The second kappa shape index (κ2) is 7.46. The molecule has 2 N–H and O–H groups in total. The Labute approximate surface area is 107 Å². The number of hydrogen-bond acceptors (Lipinski definition) is 3. The monoisotopic (exact) mass is 246 g/mol. The Morgan fingerprint density at radius 2 is 2.11 bits per heavy atom. The van der Waals surface area contributed by atoms with Crippen LogP contribution in [0.5, 0.6) is 0 Å². The van der Waals surface area contributed by atoms with E-state index in [1.807, 2.05) is 43.3 Å². The normalized spacial score (nSPS) is 13.4. The molecule has 0 aliphatic carbocycles. The van der Waals surface area contributed by atoms with Gasteiger partial charge in [0.1, 0.15) is 5.92 Å². The van der Waals surface area contributed by atoms with Crippen molar-refractivity contribution in [2.24, 2.45) is 5.92 Å². The molecule has 0 saturated heterocycles. The second-order valence-corrected chi connectivity index (χ2v) is 4.17. The summed E-state index contributed by atoms with van der Waals surface area (Å²) in [6, 6.07) is 11.2. The lowest BCUT2D eigenvalue weighted by molar-refractivity contribution is -0.124. The predicted molar refractivity (Wildman–Crippen MR) is 68.6 cm³/mol. The molecular weight excluding hydrogens is 228 g/mol. The average molecular weight is 246 g/mol. The summed E-state index contributed by atoms with van der Waals surface area (Å²) in [7, 11) is 0. The van der Waals surface area contributed by atoms with Crippen LogP contribution in [0.15, 0.2) is 30.3 Å². The van der Waals surface area contributed by atoms with Gasteiger partial charge in [-0.1, -0.05) is 37.3 Å². The summed E-state index contributed by atoms with van der Waals surface area (Å²) < 4.78 is 0. The van der Waals surface area contributed by atoms with Crippen molar-refractivity contribution in [1.82, 2.24) is 5.32 Å². The fraction of sp³-hybridized carbons (Fsp3) is 0.429. The number of nitrogens with zero attached hydrogens (tertiary/aromatic N) is 1. The van der Waals surface area contributed by atoms with Gasteiger partial charge in [0.2, 0.25) is 5.91 Å². The van der Waals surface area contributed by atoms with Gasteiger partial charge in [-0.2, -0.15) is 5.26 Å². The first-order valence-corrected chi connectivity index (χ1v) is 6.06. The summed E-state index contributed by atoms with van der Waals surface area (Å²) in [6.07, 6.45) is 1.04. The fourth-order valence-electron chi connectivity index (χ4n) is 1.63. The third kappa shape index (κ3) is 4.19. The van der Waals surface area contributed by atoms with Gasteiger partial charge < -0.3 is 10.4 Å². The van der Waals surface area contributed by atoms with E-state index in [0.29, 0.717) is 12.8 Å². The van der Waals surface area contributed by atoms with Crippen LogP contribution in [-0.4, -0.2) is 23.7 Å². The number of hydrogen-bond donors (Lipinski definition) is 2. The van der Waals surface area contributed by atoms with Crippen LogP contribution in [0.3, 0.4) is 0 Å². The van der Waals surface area contributed by atoms with Crippen molar-refractivity contribution in [1.29, 1.82) is 5.26 Å². The van der Waals surface area contributed by atoms with E-state index in [-0.39, 0.29) is 18.6 Å². The first-order chi connectivity index (χ1) is 8.71. The van der Waals surface area contributed by atoms with Gasteiger partial charge in [0.15, 0.2) is 0 Å². The van der Waals surface area contributed by atoms with Crippen LogP contribution in [0, 0.1) is 17.2 Å². The smallest absolute Gasteiger partial charge is 0.237 e. The Hall–Kier alpha value is -1.86. The van der Waals surface area contributed by atoms with E-state index in [1.54, 1.807) is 0 Å². The Bertz CT molecular complexity index is 408. The minimum atomic E-state index is -0.715. The summed E-state index contributed by atoms with van der Waals surface area (Å²) in [5, 5.41) is 20.7. The quantitative estimate of drug-likeness (QED) is 0.793. The van der Waals surface area contributed by atoms with Crippen LogP contribution >= 0.6 is 0 Å². The maximum absolute atomic E-state index is 11.9. The number of carbonyl (C=O) groups excluding carboxylic acids is 1. The molecule has 0 heterocycles. The van der Waals surface area contributed by atoms with Crippen molar-refractivity contribution in [2.45, 2.75) is 25.8 Å². The Kier molecular flexibility index (Phi) is 5.89. The van der Waals surface area contributed by atoms with Gasteiger partial charge in [0.05, 0.1) is 18.7 Å². The minimum absolute atomic E-state index is 0.105. The topological polar surface area (TPSA) is 73.1 Å². The maximum Gasteiger partial charge on any atom is 0.237 e. The number of aliphatic hydroxyl groups excluding tert-OH is 1. The predicted octanol–water partition coefficient (Wildman–Crippen LogP) is 1.26. The summed E-state index contributed by atoms with van der Waals surface area (Å²) in [6.45, 7) is 1.77. The van der Waals surface area contributed by atoms with Gasteiger partial charge in [-0.05, 0) is 18.4 Å². The van der Waals surface area contributed by atoms with Crippen molar-refractivity contribution in [2.75, 3.05) is 6.61 Å². The summed E-state index contributed by atoms with van der Waals surface area (Å²) in [5.74, 6) is -1.03. The molecule has 0 aromatic heterocycles.